The highest BCUT2D eigenvalue weighted by Crippen LogP contribution is 2.25. The minimum atomic E-state index is -0.321. The molecule has 1 fully saturated rings. The number of likely N-dealkylation sites (tertiary alicyclic amines) is 1. The molecule has 2 aromatic rings. The fourth-order valence-corrected chi connectivity index (χ4v) is 2.88. The molecule has 2 heterocycles. The van der Waals surface area contributed by atoms with Gasteiger partial charge >= 0.3 is 0 Å². The Balaban J connectivity index is 1.67. The van der Waals surface area contributed by atoms with E-state index in [4.69, 9.17) is 0 Å². The highest BCUT2D eigenvalue weighted by molar-refractivity contribution is 5.79. The third-order valence-electron chi connectivity index (χ3n) is 4.08. The van der Waals surface area contributed by atoms with Gasteiger partial charge in [0.05, 0.1) is 12.1 Å². The number of aromatic nitrogens is 2. The Bertz CT molecular complexity index is 647. The number of carbonyl (C=O) groups is 1. The maximum Gasteiger partial charge on any atom is 0.227 e. The Morgan fingerprint density at radius 2 is 2.18 bits per heavy atom. The number of hydrogen-bond donors (Lipinski definition) is 0. The van der Waals surface area contributed by atoms with Crippen LogP contribution in [-0.4, -0.2) is 33.9 Å². The van der Waals surface area contributed by atoms with E-state index < -0.39 is 0 Å². The van der Waals surface area contributed by atoms with Gasteiger partial charge in [0.2, 0.25) is 5.91 Å². The van der Waals surface area contributed by atoms with Crippen molar-refractivity contribution in [2.24, 2.45) is 0 Å². The van der Waals surface area contributed by atoms with Gasteiger partial charge in [-0.3, -0.25) is 14.8 Å². The number of hydrogen-bond acceptors (Lipinski definition) is 3. The zero-order chi connectivity index (χ0) is 15.4. The standard InChI is InChI=1S/C17H18FN3O/c18-15-6-2-1-4-13(15)10-17(22)21-9-3-5-14(12-21)16-11-19-7-8-20-16/h1-2,4,6-8,11,14H,3,5,9-10,12H2/t14-/m0/s1. The quantitative estimate of drug-likeness (QED) is 0.875. The van der Waals surface area contributed by atoms with Gasteiger partial charge in [-0.1, -0.05) is 18.2 Å². The second kappa shape index (κ2) is 6.64. The van der Waals surface area contributed by atoms with E-state index in [0.717, 1.165) is 25.1 Å². The lowest BCUT2D eigenvalue weighted by molar-refractivity contribution is -0.131. The molecule has 0 saturated carbocycles. The Hall–Kier alpha value is -2.30. The van der Waals surface area contributed by atoms with Crippen LogP contribution in [0.4, 0.5) is 4.39 Å². The van der Waals surface area contributed by atoms with E-state index in [1.807, 2.05) is 4.90 Å². The van der Waals surface area contributed by atoms with Crippen LogP contribution in [-0.2, 0) is 11.2 Å². The van der Waals surface area contributed by atoms with Crippen molar-refractivity contribution in [3.8, 4) is 0 Å². The van der Waals surface area contributed by atoms with Crippen LogP contribution in [0.25, 0.3) is 0 Å². The molecule has 0 spiro atoms. The zero-order valence-electron chi connectivity index (χ0n) is 12.3. The van der Waals surface area contributed by atoms with Crippen molar-refractivity contribution < 1.29 is 9.18 Å². The van der Waals surface area contributed by atoms with Crippen LogP contribution >= 0.6 is 0 Å². The van der Waals surface area contributed by atoms with Crippen LogP contribution in [0.1, 0.15) is 30.0 Å². The van der Waals surface area contributed by atoms with Crippen molar-refractivity contribution in [1.82, 2.24) is 14.9 Å². The first-order valence-corrected chi connectivity index (χ1v) is 7.51. The number of nitrogens with zero attached hydrogens (tertiary/aromatic N) is 3. The van der Waals surface area contributed by atoms with Gasteiger partial charge < -0.3 is 4.90 Å². The summed E-state index contributed by atoms with van der Waals surface area (Å²) in [5, 5.41) is 0. The van der Waals surface area contributed by atoms with Gasteiger partial charge in [0.15, 0.2) is 0 Å². The predicted molar refractivity (Wildman–Crippen MR) is 80.7 cm³/mol. The number of benzene rings is 1. The van der Waals surface area contributed by atoms with E-state index in [2.05, 4.69) is 9.97 Å². The number of halogens is 1. The minimum Gasteiger partial charge on any atom is -0.342 e. The van der Waals surface area contributed by atoms with E-state index in [9.17, 15) is 9.18 Å². The molecule has 22 heavy (non-hydrogen) atoms. The molecule has 5 heteroatoms. The normalized spacial score (nSPS) is 18.2. The fourth-order valence-electron chi connectivity index (χ4n) is 2.88. The third-order valence-corrected chi connectivity index (χ3v) is 4.08. The molecule has 1 aromatic carbocycles. The summed E-state index contributed by atoms with van der Waals surface area (Å²) in [5.41, 5.74) is 1.38. The maximum atomic E-state index is 13.7. The summed E-state index contributed by atoms with van der Waals surface area (Å²) in [6, 6.07) is 6.44. The van der Waals surface area contributed by atoms with E-state index in [1.54, 1.807) is 36.8 Å². The summed E-state index contributed by atoms with van der Waals surface area (Å²) >= 11 is 0. The lowest BCUT2D eigenvalue weighted by Crippen LogP contribution is -2.40. The van der Waals surface area contributed by atoms with Crippen LogP contribution in [0.15, 0.2) is 42.9 Å². The Morgan fingerprint density at radius 3 is 2.95 bits per heavy atom. The van der Waals surface area contributed by atoms with Crippen LogP contribution in [0, 0.1) is 5.82 Å². The highest BCUT2D eigenvalue weighted by atomic mass is 19.1. The van der Waals surface area contributed by atoms with Crippen LogP contribution < -0.4 is 0 Å². The van der Waals surface area contributed by atoms with E-state index in [0.29, 0.717) is 12.1 Å². The van der Waals surface area contributed by atoms with Gasteiger partial charge in [0.25, 0.3) is 0 Å². The van der Waals surface area contributed by atoms with Crippen molar-refractivity contribution >= 4 is 5.91 Å². The summed E-state index contributed by atoms with van der Waals surface area (Å²) < 4.78 is 13.7. The van der Waals surface area contributed by atoms with Crippen molar-refractivity contribution in [1.29, 1.82) is 0 Å². The summed E-state index contributed by atoms with van der Waals surface area (Å²) in [7, 11) is 0. The first kappa shape index (κ1) is 14.6. The average molecular weight is 299 g/mol. The number of piperidine rings is 1. The van der Waals surface area contributed by atoms with Crippen molar-refractivity contribution in [3.63, 3.8) is 0 Å². The molecule has 1 saturated heterocycles. The summed E-state index contributed by atoms with van der Waals surface area (Å²) in [5.74, 6) is -0.135. The molecule has 1 amide bonds. The van der Waals surface area contributed by atoms with Gasteiger partial charge in [-0.15, -0.1) is 0 Å². The molecule has 1 aromatic heterocycles. The minimum absolute atomic E-state index is 0.0290. The lowest BCUT2D eigenvalue weighted by Gasteiger charge is -2.32. The van der Waals surface area contributed by atoms with Gasteiger partial charge in [0.1, 0.15) is 5.82 Å². The first-order valence-electron chi connectivity index (χ1n) is 7.51. The Kier molecular flexibility index (Phi) is 4.42. The second-order valence-corrected chi connectivity index (χ2v) is 5.58. The smallest absolute Gasteiger partial charge is 0.227 e. The third kappa shape index (κ3) is 3.30. The second-order valence-electron chi connectivity index (χ2n) is 5.58. The lowest BCUT2D eigenvalue weighted by atomic mass is 9.94. The molecule has 3 rings (SSSR count). The largest absolute Gasteiger partial charge is 0.342 e. The van der Waals surface area contributed by atoms with Crippen LogP contribution in [0.5, 0.6) is 0 Å². The molecule has 0 unspecified atom stereocenters. The Morgan fingerprint density at radius 1 is 1.32 bits per heavy atom. The molecule has 1 aliphatic heterocycles. The molecular formula is C17H18FN3O. The highest BCUT2D eigenvalue weighted by Gasteiger charge is 2.26. The molecule has 4 nitrogen and oxygen atoms in total. The molecule has 0 radical (unpaired) electrons. The summed E-state index contributed by atoms with van der Waals surface area (Å²) in [4.78, 5) is 22.7. The summed E-state index contributed by atoms with van der Waals surface area (Å²) in [6.45, 7) is 1.36. The molecule has 0 N–H and O–H groups in total. The molecule has 0 bridgehead atoms. The maximum absolute atomic E-state index is 13.7. The van der Waals surface area contributed by atoms with E-state index in [-0.39, 0.29) is 24.1 Å². The van der Waals surface area contributed by atoms with Gasteiger partial charge in [0, 0.05) is 37.6 Å². The molecular weight excluding hydrogens is 281 g/mol. The summed E-state index contributed by atoms with van der Waals surface area (Å²) in [6.07, 6.45) is 7.13. The monoisotopic (exact) mass is 299 g/mol. The molecule has 1 atom stereocenters. The van der Waals surface area contributed by atoms with E-state index in [1.165, 1.54) is 6.07 Å². The first-order chi connectivity index (χ1) is 10.7. The number of rotatable bonds is 3. The Labute approximate surface area is 129 Å². The zero-order valence-corrected chi connectivity index (χ0v) is 12.3. The van der Waals surface area contributed by atoms with Gasteiger partial charge in [-0.2, -0.15) is 0 Å². The number of amides is 1. The molecule has 1 aliphatic rings. The number of carbonyl (C=O) groups excluding carboxylic acids is 1. The van der Waals surface area contributed by atoms with Gasteiger partial charge in [-0.05, 0) is 24.5 Å². The fraction of sp³-hybridized carbons (Fsp3) is 0.353. The van der Waals surface area contributed by atoms with Gasteiger partial charge in [-0.25, -0.2) is 4.39 Å². The van der Waals surface area contributed by atoms with Crippen molar-refractivity contribution in [2.45, 2.75) is 25.2 Å². The molecule has 0 aliphatic carbocycles. The topological polar surface area (TPSA) is 46.1 Å². The van der Waals surface area contributed by atoms with E-state index >= 15 is 0 Å². The van der Waals surface area contributed by atoms with Crippen LogP contribution in [0.3, 0.4) is 0 Å². The predicted octanol–water partition coefficient (Wildman–Crippen LogP) is 2.56. The average Bonchev–Trinajstić information content (AvgIpc) is 2.58. The SMILES string of the molecule is O=C(Cc1ccccc1F)N1CCC[C@H](c2cnccn2)C1. The van der Waals surface area contributed by atoms with Crippen molar-refractivity contribution in [2.75, 3.05) is 13.1 Å². The molecule has 114 valence electrons. The van der Waals surface area contributed by atoms with Crippen molar-refractivity contribution in [3.05, 3.63) is 59.9 Å². The van der Waals surface area contributed by atoms with Crippen LogP contribution in [0.2, 0.25) is 0 Å².